The standard InChI is InChI=1S/C17H14N2O5/c1-10-15(16(19-24-10)13-3-2-6-21-13)17(20)18-11-4-5-12-14(9-11)23-8-7-22-12/h2-6,9H,7-8H2,1H3,(H,18,20). The Morgan fingerprint density at radius 1 is 1.17 bits per heavy atom. The van der Waals surface area contributed by atoms with Crippen molar-refractivity contribution in [3.8, 4) is 23.0 Å². The Hall–Kier alpha value is -3.22. The summed E-state index contributed by atoms with van der Waals surface area (Å²) in [6, 6.07) is 8.68. The summed E-state index contributed by atoms with van der Waals surface area (Å²) in [5.74, 6) is 1.82. The van der Waals surface area contributed by atoms with E-state index in [-0.39, 0.29) is 5.91 Å². The number of nitrogens with one attached hydrogen (secondary N) is 1. The van der Waals surface area contributed by atoms with Gasteiger partial charge in [-0.3, -0.25) is 4.79 Å². The topological polar surface area (TPSA) is 86.7 Å². The van der Waals surface area contributed by atoms with Gasteiger partial charge in [0.15, 0.2) is 23.0 Å². The summed E-state index contributed by atoms with van der Waals surface area (Å²) in [5, 5.41) is 6.74. The summed E-state index contributed by atoms with van der Waals surface area (Å²) < 4.78 is 21.5. The Labute approximate surface area is 137 Å². The van der Waals surface area contributed by atoms with Crippen LogP contribution in [0.4, 0.5) is 5.69 Å². The number of benzene rings is 1. The highest BCUT2D eigenvalue weighted by molar-refractivity contribution is 6.08. The predicted molar refractivity (Wildman–Crippen MR) is 84.3 cm³/mol. The van der Waals surface area contributed by atoms with Gasteiger partial charge in [0.2, 0.25) is 0 Å². The van der Waals surface area contributed by atoms with Crippen LogP contribution in [0.15, 0.2) is 45.5 Å². The van der Waals surface area contributed by atoms with Gasteiger partial charge in [-0.1, -0.05) is 5.16 Å². The molecule has 0 saturated heterocycles. The number of carbonyl (C=O) groups excluding carboxylic acids is 1. The van der Waals surface area contributed by atoms with Crippen LogP contribution in [-0.2, 0) is 0 Å². The van der Waals surface area contributed by atoms with Crippen LogP contribution in [0.2, 0.25) is 0 Å². The maximum Gasteiger partial charge on any atom is 0.261 e. The molecule has 24 heavy (non-hydrogen) atoms. The molecule has 122 valence electrons. The highest BCUT2D eigenvalue weighted by Gasteiger charge is 2.23. The number of aromatic nitrogens is 1. The lowest BCUT2D eigenvalue weighted by Gasteiger charge is -2.19. The fraction of sp³-hybridized carbons (Fsp3) is 0.176. The van der Waals surface area contributed by atoms with Gasteiger partial charge in [-0.15, -0.1) is 0 Å². The summed E-state index contributed by atoms with van der Waals surface area (Å²) >= 11 is 0. The van der Waals surface area contributed by atoms with E-state index in [4.69, 9.17) is 18.4 Å². The Kier molecular flexibility index (Phi) is 3.45. The number of anilines is 1. The van der Waals surface area contributed by atoms with Crippen molar-refractivity contribution >= 4 is 11.6 Å². The number of hydrogen-bond acceptors (Lipinski definition) is 6. The molecule has 0 spiro atoms. The van der Waals surface area contributed by atoms with Gasteiger partial charge in [0, 0.05) is 11.8 Å². The minimum absolute atomic E-state index is 0.333. The van der Waals surface area contributed by atoms with Gasteiger partial charge >= 0.3 is 0 Å². The second-order valence-corrected chi connectivity index (χ2v) is 5.25. The average Bonchev–Trinajstić information content (AvgIpc) is 3.24. The van der Waals surface area contributed by atoms with Gasteiger partial charge in [-0.25, -0.2) is 0 Å². The van der Waals surface area contributed by atoms with Crippen molar-refractivity contribution in [2.24, 2.45) is 0 Å². The molecule has 2 aromatic heterocycles. The van der Waals surface area contributed by atoms with E-state index < -0.39 is 0 Å². The first kappa shape index (κ1) is 14.4. The van der Waals surface area contributed by atoms with Crippen LogP contribution < -0.4 is 14.8 Å². The zero-order chi connectivity index (χ0) is 16.5. The highest BCUT2D eigenvalue weighted by Crippen LogP contribution is 2.33. The zero-order valence-corrected chi connectivity index (χ0v) is 12.9. The summed E-state index contributed by atoms with van der Waals surface area (Å²) in [6.45, 7) is 2.68. The van der Waals surface area contributed by atoms with E-state index in [0.29, 0.717) is 53.2 Å². The zero-order valence-electron chi connectivity index (χ0n) is 12.9. The van der Waals surface area contributed by atoms with Crippen LogP contribution >= 0.6 is 0 Å². The number of rotatable bonds is 3. The van der Waals surface area contributed by atoms with Gasteiger partial charge in [0.05, 0.1) is 6.26 Å². The molecule has 0 radical (unpaired) electrons. The van der Waals surface area contributed by atoms with Gasteiger partial charge in [-0.05, 0) is 31.2 Å². The molecule has 3 aromatic rings. The van der Waals surface area contributed by atoms with E-state index in [1.165, 1.54) is 6.26 Å². The third-order valence-corrected chi connectivity index (χ3v) is 3.64. The minimum atomic E-state index is -0.336. The van der Waals surface area contributed by atoms with E-state index >= 15 is 0 Å². The fourth-order valence-corrected chi connectivity index (χ4v) is 2.54. The quantitative estimate of drug-likeness (QED) is 0.795. The second-order valence-electron chi connectivity index (χ2n) is 5.25. The third kappa shape index (κ3) is 2.50. The van der Waals surface area contributed by atoms with Gasteiger partial charge in [0.1, 0.15) is 24.5 Å². The van der Waals surface area contributed by atoms with Crippen molar-refractivity contribution < 1.29 is 23.2 Å². The summed E-state index contributed by atoms with van der Waals surface area (Å²) in [4.78, 5) is 12.7. The molecule has 7 nitrogen and oxygen atoms in total. The van der Waals surface area contributed by atoms with Gasteiger partial charge in [0.25, 0.3) is 5.91 Å². The lowest BCUT2D eigenvalue weighted by atomic mass is 10.1. The van der Waals surface area contributed by atoms with Crippen LogP contribution in [0.25, 0.3) is 11.5 Å². The Morgan fingerprint density at radius 2 is 2.00 bits per heavy atom. The molecule has 1 aromatic carbocycles. The average molecular weight is 326 g/mol. The van der Waals surface area contributed by atoms with Crippen LogP contribution in [0.1, 0.15) is 16.1 Å². The molecule has 0 aliphatic carbocycles. The van der Waals surface area contributed by atoms with Crippen LogP contribution in [0.5, 0.6) is 11.5 Å². The molecule has 7 heteroatoms. The first-order valence-corrected chi connectivity index (χ1v) is 7.43. The van der Waals surface area contributed by atoms with E-state index in [1.54, 1.807) is 37.3 Å². The van der Waals surface area contributed by atoms with E-state index in [9.17, 15) is 4.79 Å². The number of aryl methyl sites for hydroxylation is 1. The van der Waals surface area contributed by atoms with Crippen molar-refractivity contribution in [3.05, 3.63) is 47.9 Å². The smallest absolute Gasteiger partial charge is 0.261 e. The van der Waals surface area contributed by atoms with Crippen molar-refractivity contribution in [3.63, 3.8) is 0 Å². The lowest BCUT2D eigenvalue weighted by molar-refractivity contribution is 0.102. The summed E-state index contributed by atoms with van der Waals surface area (Å²) in [7, 11) is 0. The molecule has 0 unspecified atom stereocenters. The van der Waals surface area contributed by atoms with Crippen molar-refractivity contribution in [2.45, 2.75) is 6.92 Å². The fourth-order valence-electron chi connectivity index (χ4n) is 2.54. The Bertz CT molecular complexity index is 883. The number of furan rings is 1. The number of carbonyl (C=O) groups is 1. The molecule has 4 rings (SSSR count). The van der Waals surface area contributed by atoms with Crippen molar-refractivity contribution in [1.82, 2.24) is 5.16 Å². The monoisotopic (exact) mass is 326 g/mol. The first-order chi connectivity index (χ1) is 11.7. The number of ether oxygens (including phenoxy) is 2. The predicted octanol–water partition coefficient (Wildman–Crippen LogP) is 3.27. The van der Waals surface area contributed by atoms with Gasteiger partial charge < -0.3 is 23.7 Å². The molecular formula is C17H14N2O5. The minimum Gasteiger partial charge on any atom is -0.486 e. The Morgan fingerprint density at radius 3 is 2.79 bits per heavy atom. The largest absolute Gasteiger partial charge is 0.486 e. The van der Waals surface area contributed by atoms with Crippen LogP contribution in [-0.4, -0.2) is 24.3 Å². The molecule has 1 aliphatic heterocycles. The lowest BCUT2D eigenvalue weighted by Crippen LogP contribution is -2.17. The summed E-state index contributed by atoms with van der Waals surface area (Å²) in [6.07, 6.45) is 1.52. The molecule has 1 amide bonds. The number of fused-ring (bicyclic) bond motifs is 1. The van der Waals surface area contributed by atoms with Crippen LogP contribution in [0.3, 0.4) is 0 Å². The number of amides is 1. The van der Waals surface area contributed by atoms with Crippen LogP contribution in [0, 0.1) is 6.92 Å². The molecule has 0 atom stereocenters. The SMILES string of the molecule is Cc1onc(-c2ccco2)c1C(=O)Nc1ccc2c(c1)OCCO2. The van der Waals surface area contributed by atoms with E-state index in [2.05, 4.69) is 10.5 Å². The third-order valence-electron chi connectivity index (χ3n) is 3.64. The normalized spacial score (nSPS) is 12.9. The maximum atomic E-state index is 12.7. The molecule has 0 bridgehead atoms. The number of nitrogens with zero attached hydrogens (tertiary/aromatic N) is 1. The van der Waals surface area contributed by atoms with Crippen molar-refractivity contribution in [1.29, 1.82) is 0 Å². The van der Waals surface area contributed by atoms with E-state index in [0.717, 1.165) is 0 Å². The molecule has 3 heterocycles. The van der Waals surface area contributed by atoms with E-state index in [1.807, 2.05) is 0 Å². The molecule has 0 saturated carbocycles. The maximum absolute atomic E-state index is 12.7. The first-order valence-electron chi connectivity index (χ1n) is 7.43. The van der Waals surface area contributed by atoms with Gasteiger partial charge in [-0.2, -0.15) is 0 Å². The molecular weight excluding hydrogens is 312 g/mol. The highest BCUT2D eigenvalue weighted by atomic mass is 16.6. The molecule has 1 aliphatic rings. The molecule has 0 fully saturated rings. The second kappa shape index (κ2) is 5.77. The number of hydrogen-bond donors (Lipinski definition) is 1. The Balaban J connectivity index is 1.62. The summed E-state index contributed by atoms with van der Waals surface area (Å²) in [5.41, 5.74) is 1.29. The molecule has 1 N–H and O–H groups in total. The van der Waals surface area contributed by atoms with Crippen molar-refractivity contribution in [2.75, 3.05) is 18.5 Å².